The van der Waals surface area contributed by atoms with Crippen LogP contribution in [0.25, 0.3) is 0 Å². The number of aliphatic carboxylic acids is 1. The summed E-state index contributed by atoms with van der Waals surface area (Å²) in [4.78, 5) is 10.0. The van der Waals surface area contributed by atoms with Crippen molar-refractivity contribution in [1.82, 2.24) is 0 Å². The molecule has 0 heterocycles. The van der Waals surface area contributed by atoms with E-state index in [9.17, 15) is 9.90 Å². The molecule has 0 bridgehead atoms. The minimum Gasteiger partial charge on any atom is -0.550 e. The zero-order valence-electron chi connectivity index (χ0n) is 8.79. The number of carboxylic acids is 1. The number of carbonyl (C=O) groups is 1. The van der Waals surface area contributed by atoms with E-state index in [2.05, 4.69) is 6.92 Å². The zero-order valence-corrected chi connectivity index (χ0v) is 8.79. The molecule has 14 heavy (non-hydrogen) atoms. The number of carbonyl (C=O) groups excluding carboxylic acids is 1. The molecule has 0 aliphatic carbocycles. The number of hydrogen-bond donors (Lipinski definition) is 0. The predicted molar refractivity (Wildman–Crippen MR) is 50.8 cm³/mol. The van der Waals surface area contributed by atoms with Gasteiger partial charge in [-0.3, -0.25) is 0 Å². The highest BCUT2D eigenvalue weighted by atomic mass is 16.5. The third-order valence-corrected chi connectivity index (χ3v) is 1.68. The van der Waals surface area contributed by atoms with Crippen molar-refractivity contribution in [3.8, 4) is 0 Å². The second-order valence-corrected chi connectivity index (χ2v) is 3.05. The first-order valence-electron chi connectivity index (χ1n) is 5.12. The highest BCUT2D eigenvalue weighted by molar-refractivity contribution is 5.64. The van der Waals surface area contributed by atoms with Crippen LogP contribution < -0.4 is 5.11 Å². The molecule has 0 saturated carbocycles. The Morgan fingerprint density at radius 1 is 1.07 bits per heavy atom. The first kappa shape index (κ1) is 13.4. The van der Waals surface area contributed by atoms with E-state index in [-0.39, 0.29) is 6.42 Å². The maximum atomic E-state index is 10.0. The van der Waals surface area contributed by atoms with Crippen LogP contribution in [-0.2, 0) is 14.3 Å². The molecule has 0 spiro atoms. The van der Waals surface area contributed by atoms with Gasteiger partial charge in [0.25, 0.3) is 0 Å². The van der Waals surface area contributed by atoms with E-state index in [1.54, 1.807) is 0 Å². The fraction of sp³-hybridized carbons (Fsp3) is 0.900. The Kier molecular flexibility index (Phi) is 10.0. The van der Waals surface area contributed by atoms with Crippen molar-refractivity contribution in [2.45, 2.75) is 32.6 Å². The molecule has 0 aromatic carbocycles. The zero-order chi connectivity index (χ0) is 10.6. The van der Waals surface area contributed by atoms with Crippen LogP contribution in [0.4, 0.5) is 0 Å². The first-order chi connectivity index (χ1) is 6.77. The van der Waals surface area contributed by atoms with Gasteiger partial charge in [0, 0.05) is 19.2 Å². The first-order valence-corrected chi connectivity index (χ1v) is 5.12. The number of unbranched alkanes of at least 4 members (excludes halogenated alkanes) is 1. The van der Waals surface area contributed by atoms with E-state index in [4.69, 9.17) is 9.47 Å². The van der Waals surface area contributed by atoms with Gasteiger partial charge in [-0.2, -0.15) is 0 Å². The molecular weight excluding hydrogens is 184 g/mol. The smallest absolute Gasteiger partial charge is 0.0700 e. The highest BCUT2D eigenvalue weighted by Crippen LogP contribution is 1.90. The molecular formula is C10H19O4-. The van der Waals surface area contributed by atoms with Crippen molar-refractivity contribution >= 4 is 5.97 Å². The average Bonchev–Trinajstić information content (AvgIpc) is 2.15. The Hall–Kier alpha value is -0.610. The SMILES string of the molecule is CCCCOCCOCCCC(=O)[O-]. The molecule has 4 heteroatoms. The summed E-state index contributed by atoms with van der Waals surface area (Å²) in [6.07, 6.45) is 2.78. The van der Waals surface area contributed by atoms with Gasteiger partial charge >= 0.3 is 0 Å². The molecule has 0 rings (SSSR count). The Morgan fingerprint density at radius 2 is 1.64 bits per heavy atom. The summed E-state index contributed by atoms with van der Waals surface area (Å²) in [5.74, 6) is -1.02. The average molecular weight is 203 g/mol. The molecule has 0 fully saturated rings. The lowest BCUT2D eigenvalue weighted by Gasteiger charge is -2.05. The molecule has 4 nitrogen and oxygen atoms in total. The number of rotatable bonds is 10. The summed E-state index contributed by atoms with van der Waals surface area (Å²) in [6, 6.07) is 0. The van der Waals surface area contributed by atoms with E-state index in [1.807, 2.05) is 0 Å². The summed E-state index contributed by atoms with van der Waals surface area (Å²) < 4.78 is 10.4. The van der Waals surface area contributed by atoms with Crippen LogP contribution in [0.2, 0.25) is 0 Å². The van der Waals surface area contributed by atoms with Gasteiger partial charge < -0.3 is 19.4 Å². The normalized spacial score (nSPS) is 10.4. The second kappa shape index (κ2) is 10.5. The number of ether oxygens (including phenoxy) is 2. The molecule has 0 unspecified atom stereocenters. The number of carboxylic acid groups (broad SMARTS) is 1. The lowest BCUT2D eigenvalue weighted by molar-refractivity contribution is -0.305. The summed E-state index contributed by atoms with van der Waals surface area (Å²) in [7, 11) is 0. The standard InChI is InChI=1S/C10H20O4/c1-2-3-6-13-8-9-14-7-4-5-10(11)12/h2-9H2,1H3,(H,11,12)/p-1. The van der Waals surface area contributed by atoms with E-state index >= 15 is 0 Å². The van der Waals surface area contributed by atoms with Crippen molar-refractivity contribution in [2.75, 3.05) is 26.4 Å². The van der Waals surface area contributed by atoms with Gasteiger partial charge in [-0.1, -0.05) is 13.3 Å². The van der Waals surface area contributed by atoms with Crippen LogP contribution in [0.1, 0.15) is 32.6 Å². The van der Waals surface area contributed by atoms with E-state index in [1.165, 1.54) is 0 Å². The van der Waals surface area contributed by atoms with Crippen LogP contribution in [0.15, 0.2) is 0 Å². The molecule has 0 N–H and O–H groups in total. The molecule has 0 radical (unpaired) electrons. The molecule has 0 amide bonds. The largest absolute Gasteiger partial charge is 0.550 e. The lowest BCUT2D eigenvalue weighted by Crippen LogP contribution is -2.22. The van der Waals surface area contributed by atoms with Gasteiger partial charge in [0.2, 0.25) is 0 Å². The minimum atomic E-state index is -1.02. The maximum absolute atomic E-state index is 10.0. The predicted octanol–water partition coefficient (Wildman–Crippen LogP) is 0.350. The third kappa shape index (κ3) is 11.4. The van der Waals surface area contributed by atoms with Crippen LogP contribution in [-0.4, -0.2) is 32.4 Å². The summed E-state index contributed by atoms with van der Waals surface area (Å²) in [5.41, 5.74) is 0. The Morgan fingerprint density at radius 3 is 2.14 bits per heavy atom. The summed E-state index contributed by atoms with van der Waals surface area (Å²) in [5, 5.41) is 10.0. The molecule has 0 saturated heterocycles. The quantitative estimate of drug-likeness (QED) is 0.481. The molecule has 0 aromatic rings. The van der Waals surface area contributed by atoms with Gasteiger partial charge in [-0.05, 0) is 19.3 Å². The fourth-order valence-corrected chi connectivity index (χ4v) is 0.887. The van der Waals surface area contributed by atoms with E-state index in [0.717, 1.165) is 19.4 Å². The molecule has 0 aliphatic rings. The molecule has 0 atom stereocenters. The van der Waals surface area contributed by atoms with E-state index < -0.39 is 5.97 Å². The van der Waals surface area contributed by atoms with Crippen molar-refractivity contribution in [3.05, 3.63) is 0 Å². The van der Waals surface area contributed by atoms with Crippen LogP contribution >= 0.6 is 0 Å². The molecule has 84 valence electrons. The van der Waals surface area contributed by atoms with Crippen LogP contribution in [0, 0.1) is 0 Å². The lowest BCUT2D eigenvalue weighted by atomic mass is 10.3. The van der Waals surface area contributed by atoms with Crippen molar-refractivity contribution in [3.63, 3.8) is 0 Å². The number of hydrogen-bond acceptors (Lipinski definition) is 4. The summed E-state index contributed by atoms with van der Waals surface area (Å²) >= 11 is 0. The fourth-order valence-electron chi connectivity index (χ4n) is 0.887. The van der Waals surface area contributed by atoms with Gasteiger partial charge in [-0.25, -0.2) is 0 Å². The Bertz CT molecular complexity index is 136. The van der Waals surface area contributed by atoms with Crippen molar-refractivity contribution in [1.29, 1.82) is 0 Å². The van der Waals surface area contributed by atoms with Gasteiger partial charge in [0.1, 0.15) is 0 Å². The highest BCUT2D eigenvalue weighted by Gasteiger charge is 1.91. The third-order valence-electron chi connectivity index (χ3n) is 1.68. The van der Waals surface area contributed by atoms with Gasteiger partial charge in [0.15, 0.2) is 0 Å². The van der Waals surface area contributed by atoms with E-state index in [0.29, 0.717) is 26.2 Å². The van der Waals surface area contributed by atoms with Crippen LogP contribution in [0.5, 0.6) is 0 Å². The van der Waals surface area contributed by atoms with Gasteiger partial charge in [0.05, 0.1) is 13.2 Å². The van der Waals surface area contributed by atoms with Crippen molar-refractivity contribution in [2.24, 2.45) is 0 Å². The van der Waals surface area contributed by atoms with Gasteiger partial charge in [-0.15, -0.1) is 0 Å². The Balaban J connectivity index is 2.88. The second-order valence-electron chi connectivity index (χ2n) is 3.05. The van der Waals surface area contributed by atoms with Crippen molar-refractivity contribution < 1.29 is 19.4 Å². The maximum Gasteiger partial charge on any atom is 0.0700 e. The van der Waals surface area contributed by atoms with Crippen LogP contribution in [0.3, 0.4) is 0 Å². The topological polar surface area (TPSA) is 58.6 Å². The summed E-state index contributed by atoms with van der Waals surface area (Å²) in [6.45, 7) is 4.48. The molecule has 0 aromatic heterocycles. The Labute approximate surface area is 85.2 Å². The minimum absolute atomic E-state index is 0.0662. The molecule has 0 aliphatic heterocycles. The monoisotopic (exact) mass is 203 g/mol.